The number of nitrogens with one attached hydrogen (secondary N) is 2. The highest BCUT2D eigenvalue weighted by molar-refractivity contribution is 7.89. The van der Waals surface area contributed by atoms with E-state index in [9.17, 15) is 18.0 Å². The molecule has 0 radical (unpaired) electrons. The summed E-state index contributed by atoms with van der Waals surface area (Å²) in [6.07, 6.45) is -0.567. The van der Waals surface area contributed by atoms with E-state index in [-0.39, 0.29) is 23.8 Å². The Balaban J connectivity index is 2.67. The molecule has 9 heteroatoms. The summed E-state index contributed by atoms with van der Waals surface area (Å²) in [6, 6.07) is 4.68. The number of hydrogen-bond acceptors (Lipinski definition) is 5. The van der Waals surface area contributed by atoms with Crippen molar-refractivity contribution in [1.29, 1.82) is 0 Å². The minimum Gasteiger partial charge on any atom is -0.444 e. The van der Waals surface area contributed by atoms with Gasteiger partial charge in [-0.3, -0.25) is 4.79 Å². The molecule has 0 saturated carbocycles. The molecule has 146 valence electrons. The Bertz CT molecular complexity index is 767. The second-order valence-electron chi connectivity index (χ2n) is 6.99. The number of aryl methyl sites for hydroxylation is 1. The smallest absolute Gasteiger partial charge is 0.407 e. The van der Waals surface area contributed by atoms with Crippen molar-refractivity contribution in [2.75, 3.05) is 26.0 Å². The molecule has 8 nitrogen and oxygen atoms in total. The molecular weight excluding hydrogens is 358 g/mol. The number of amides is 2. The molecule has 0 bridgehead atoms. The number of rotatable bonds is 6. The molecule has 0 aliphatic rings. The van der Waals surface area contributed by atoms with Gasteiger partial charge in [0.2, 0.25) is 15.9 Å². The quantitative estimate of drug-likeness (QED) is 0.780. The number of nitrogens with zero attached hydrogens (tertiary/aromatic N) is 1. The van der Waals surface area contributed by atoms with Crippen LogP contribution >= 0.6 is 0 Å². The highest BCUT2D eigenvalue weighted by Gasteiger charge is 2.20. The van der Waals surface area contributed by atoms with Gasteiger partial charge in [-0.2, -0.15) is 0 Å². The summed E-state index contributed by atoms with van der Waals surface area (Å²) in [7, 11) is -0.709. The van der Waals surface area contributed by atoms with Gasteiger partial charge in [0.15, 0.2) is 0 Å². The SMILES string of the molecule is Cc1ccc(NC(=O)CCNC(=O)OC(C)(C)C)cc1S(=O)(=O)N(C)C. The number of carbonyl (C=O) groups excluding carboxylic acids is 2. The third-order valence-electron chi connectivity index (χ3n) is 3.25. The van der Waals surface area contributed by atoms with Crippen molar-refractivity contribution < 1.29 is 22.7 Å². The molecule has 1 rings (SSSR count). The van der Waals surface area contributed by atoms with E-state index in [1.165, 1.54) is 20.2 Å². The molecule has 0 atom stereocenters. The summed E-state index contributed by atoms with van der Waals surface area (Å²) >= 11 is 0. The minimum atomic E-state index is -3.60. The average molecular weight is 385 g/mol. The zero-order valence-electron chi connectivity index (χ0n) is 16.0. The fourth-order valence-electron chi connectivity index (χ4n) is 1.97. The predicted octanol–water partition coefficient (Wildman–Crippen LogP) is 2.10. The van der Waals surface area contributed by atoms with Crippen molar-refractivity contribution >= 4 is 27.7 Å². The summed E-state index contributed by atoms with van der Waals surface area (Å²) in [6.45, 7) is 7.03. The Labute approximate surface area is 155 Å². The fraction of sp³-hybridized carbons (Fsp3) is 0.529. The molecule has 26 heavy (non-hydrogen) atoms. The summed E-state index contributed by atoms with van der Waals surface area (Å²) in [5.74, 6) is -0.349. The number of anilines is 1. The van der Waals surface area contributed by atoms with Crippen LogP contribution in [-0.4, -0.2) is 51.0 Å². The molecule has 0 unspecified atom stereocenters. The van der Waals surface area contributed by atoms with Crippen LogP contribution in [-0.2, 0) is 19.6 Å². The van der Waals surface area contributed by atoms with Crippen molar-refractivity contribution in [1.82, 2.24) is 9.62 Å². The van der Waals surface area contributed by atoms with Crippen molar-refractivity contribution in [3.63, 3.8) is 0 Å². The molecule has 0 heterocycles. The van der Waals surface area contributed by atoms with Gasteiger partial charge in [-0.15, -0.1) is 0 Å². The molecule has 0 aliphatic carbocycles. The van der Waals surface area contributed by atoms with E-state index in [1.54, 1.807) is 39.8 Å². The Morgan fingerprint density at radius 1 is 1.19 bits per heavy atom. The van der Waals surface area contributed by atoms with Crippen LogP contribution in [0.1, 0.15) is 32.8 Å². The molecule has 0 aliphatic heterocycles. The summed E-state index contributed by atoms with van der Waals surface area (Å²) in [4.78, 5) is 23.6. The summed E-state index contributed by atoms with van der Waals surface area (Å²) in [5, 5.41) is 5.12. The lowest BCUT2D eigenvalue weighted by Crippen LogP contribution is -2.34. The van der Waals surface area contributed by atoms with Crippen molar-refractivity contribution in [2.45, 2.75) is 44.6 Å². The van der Waals surface area contributed by atoms with Gasteiger partial charge in [0.05, 0.1) is 4.90 Å². The maximum Gasteiger partial charge on any atom is 0.407 e. The van der Waals surface area contributed by atoms with Crippen LogP contribution in [0.25, 0.3) is 0 Å². The highest BCUT2D eigenvalue weighted by atomic mass is 32.2. The number of benzene rings is 1. The predicted molar refractivity (Wildman–Crippen MR) is 99.5 cm³/mol. The first kappa shape index (κ1) is 21.9. The topological polar surface area (TPSA) is 105 Å². The molecule has 1 aromatic carbocycles. The van der Waals surface area contributed by atoms with Crippen molar-refractivity contribution in [3.8, 4) is 0 Å². The number of carbonyl (C=O) groups is 2. The van der Waals surface area contributed by atoms with Gasteiger partial charge < -0.3 is 15.4 Å². The average Bonchev–Trinajstić information content (AvgIpc) is 2.47. The molecule has 0 fully saturated rings. The first-order valence-corrected chi connectivity index (χ1v) is 9.57. The third kappa shape index (κ3) is 6.64. The van der Waals surface area contributed by atoms with E-state index in [0.717, 1.165) is 4.31 Å². The van der Waals surface area contributed by atoms with Gasteiger partial charge in [0.1, 0.15) is 5.60 Å². The number of ether oxygens (including phenoxy) is 1. The minimum absolute atomic E-state index is 0.0306. The van der Waals surface area contributed by atoms with Crippen LogP contribution in [0.15, 0.2) is 23.1 Å². The van der Waals surface area contributed by atoms with Crippen LogP contribution in [0.2, 0.25) is 0 Å². The lowest BCUT2D eigenvalue weighted by molar-refractivity contribution is -0.116. The van der Waals surface area contributed by atoms with E-state index in [0.29, 0.717) is 11.3 Å². The first-order valence-electron chi connectivity index (χ1n) is 8.13. The Morgan fingerprint density at radius 2 is 1.81 bits per heavy atom. The second-order valence-corrected chi connectivity index (χ2v) is 9.11. The Kier molecular flexibility index (Phi) is 7.16. The van der Waals surface area contributed by atoms with Gasteiger partial charge in [-0.1, -0.05) is 6.07 Å². The number of hydrogen-bond donors (Lipinski definition) is 2. The molecule has 0 saturated heterocycles. The molecule has 2 amide bonds. The van der Waals surface area contributed by atoms with Crippen LogP contribution in [0.4, 0.5) is 10.5 Å². The van der Waals surface area contributed by atoms with Gasteiger partial charge >= 0.3 is 6.09 Å². The monoisotopic (exact) mass is 385 g/mol. The van der Waals surface area contributed by atoms with Gasteiger partial charge in [0, 0.05) is 32.7 Å². The molecule has 0 spiro atoms. The third-order valence-corrected chi connectivity index (χ3v) is 5.21. The second kappa shape index (κ2) is 8.50. The first-order chi connectivity index (χ1) is 11.8. The largest absolute Gasteiger partial charge is 0.444 e. The molecule has 1 aromatic rings. The number of alkyl carbamates (subject to hydrolysis) is 1. The maximum absolute atomic E-state index is 12.3. The normalized spacial score (nSPS) is 12.0. The zero-order chi connectivity index (χ0) is 20.1. The van der Waals surface area contributed by atoms with Crippen LogP contribution < -0.4 is 10.6 Å². The van der Waals surface area contributed by atoms with Gasteiger partial charge in [-0.05, 0) is 45.4 Å². The standard InChI is InChI=1S/C17H27N3O5S/c1-12-7-8-13(11-14(12)26(23,24)20(5)6)19-15(21)9-10-18-16(22)25-17(2,3)4/h7-8,11H,9-10H2,1-6H3,(H,18,22)(H,19,21). The van der Waals surface area contributed by atoms with E-state index in [4.69, 9.17) is 4.74 Å². The number of sulfonamides is 1. The van der Waals surface area contributed by atoms with E-state index >= 15 is 0 Å². The van der Waals surface area contributed by atoms with Crippen molar-refractivity contribution in [2.24, 2.45) is 0 Å². The molecule has 0 aromatic heterocycles. The zero-order valence-corrected chi connectivity index (χ0v) is 16.9. The van der Waals surface area contributed by atoms with Crippen LogP contribution in [0.5, 0.6) is 0 Å². The van der Waals surface area contributed by atoms with Gasteiger partial charge in [0.25, 0.3) is 0 Å². The Hall–Kier alpha value is -2.13. The molecular formula is C17H27N3O5S. The fourth-order valence-corrected chi connectivity index (χ4v) is 3.11. The van der Waals surface area contributed by atoms with Crippen LogP contribution in [0, 0.1) is 6.92 Å². The summed E-state index contributed by atoms with van der Waals surface area (Å²) < 4.78 is 30.8. The van der Waals surface area contributed by atoms with Crippen molar-refractivity contribution in [3.05, 3.63) is 23.8 Å². The van der Waals surface area contributed by atoms with E-state index < -0.39 is 21.7 Å². The van der Waals surface area contributed by atoms with E-state index in [2.05, 4.69) is 10.6 Å². The van der Waals surface area contributed by atoms with Gasteiger partial charge in [-0.25, -0.2) is 17.5 Å². The highest BCUT2D eigenvalue weighted by Crippen LogP contribution is 2.22. The molecule has 2 N–H and O–H groups in total. The summed E-state index contributed by atoms with van der Waals surface area (Å²) in [5.41, 5.74) is 0.351. The lowest BCUT2D eigenvalue weighted by atomic mass is 10.2. The van der Waals surface area contributed by atoms with Crippen LogP contribution in [0.3, 0.4) is 0 Å². The Morgan fingerprint density at radius 3 is 2.35 bits per heavy atom. The maximum atomic E-state index is 12.3. The lowest BCUT2D eigenvalue weighted by Gasteiger charge is -2.19. The van der Waals surface area contributed by atoms with E-state index in [1.807, 2.05) is 0 Å².